The number of hydrogen-bond acceptors (Lipinski definition) is 13. The van der Waals surface area contributed by atoms with Gasteiger partial charge in [-0.25, -0.2) is 5.43 Å². The maximum Gasteiger partial charge on any atom is 0.236 e. The number of rotatable bonds is 7. The molecule has 4 aliphatic rings. The largest absolute Gasteiger partial charge is 0.507 e. The molecule has 2 aromatic rings. The van der Waals surface area contributed by atoms with Crippen molar-refractivity contribution in [3.8, 4) is 17.2 Å². The Morgan fingerprint density at radius 3 is 2.53 bits per heavy atom. The molecular weight excluding hydrogens is 592 g/mol. The molecule has 240 valence electrons. The molecule has 4 unspecified atom stereocenters. The number of methoxy groups -OCH3 is 1. The maximum absolute atomic E-state index is 13.8. The van der Waals surface area contributed by atoms with Crippen molar-refractivity contribution in [3.63, 3.8) is 0 Å². The SMILES string of the molecule is COc1cccc2c1C(=O)c1c(O)c3c(c(O)c1C2=O)C[C@@](O)(C(=O)CO)C[C@@H]3OC1CC(NN2CCCC2=O)C(O)C(C)O1. The molecule has 0 spiro atoms. The molecule has 14 nitrogen and oxygen atoms in total. The van der Waals surface area contributed by atoms with Crippen molar-refractivity contribution >= 4 is 23.3 Å². The molecule has 0 radical (unpaired) electrons. The molecule has 6 atom stereocenters. The van der Waals surface area contributed by atoms with Gasteiger partial charge in [0.1, 0.15) is 29.5 Å². The lowest BCUT2D eigenvalue weighted by molar-refractivity contribution is -0.252. The summed E-state index contributed by atoms with van der Waals surface area (Å²) in [7, 11) is 1.32. The minimum atomic E-state index is -2.28. The second-order valence-electron chi connectivity index (χ2n) is 11.9. The summed E-state index contributed by atoms with van der Waals surface area (Å²) in [6, 6.07) is 3.66. The van der Waals surface area contributed by atoms with Crippen LogP contribution < -0.4 is 10.2 Å². The van der Waals surface area contributed by atoms with E-state index in [-0.39, 0.29) is 40.3 Å². The molecule has 14 heteroatoms. The molecule has 2 aliphatic carbocycles. The smallest absolute Gasteiger partial charge is 0.236 e. The maximum atomic E-state index is 13.8. The summed E-state index contributed by atoms with van der Waals surface area (Å²) < 4.78 is 17.4. The van der Waals surface area contributed by atoms with Gasteiger partial charge in [0.15, 0.2) is 17.9 Å². The lowest BCUT2D eigenvalue weighted by atomic mass is 9.72. The van der Waals surface area contributed by atoms with Crippen LogP contribution in [0.1, 0.15) is 81.7 Å². The Labute approximate surface area is 257 Å². The number of carbonyl (C=O) groups excluding carboxylic acids is 4. The first-order valence-electron chi connectivity index (χ1n) is 14.7. The lowest BCUT2D eigenvalue weighted by Crippen LogP contribution is -2.58. The highest BCUT2D eigenvalue weighted by atomic mass is 16.7. The molecule has 2 saturated heterocycles. The van der Waals surface area contributed by atoms with Gasteiger partial charge in [-0.3, -0.25) is 24.2 Å². The zero-order chi connectivity index (χ0) is 32.4. The summed E-state index contributed by atoms with van der Waals surface area (Å²) in [6.45, 7) is 1.00. The molecule has 2 fully saturated rings. The normalized spacial score (nSPS) is 29.3. The van der Waals surface area contributed by atoms with Crippen molar-refractivity contribution in [1.29, 1.82) is 0 Å². The van der Waals surface area contributed by atoms with Gasteiger partial charge in [-0.05, 0) is 19.4 Å². The minimum Gasteiger partial charge on any atom is -0.507 e. The Kier molecular flexibility index (Phi) is 7.92. The minimum absolute atomic E-state index is 0.00678. The second kappa shape index (κ2) is 11.5. The number of nitrogens with zero attached hydrogens (tertiary/aromatic N) is 1. The van der Waals surface area contributed by atoms with Crippen LogP contribution in [0.2, 0.25) is 0 Å². The lowest BCUT2D eigenvalue weighted by Gasteiger charge is -2.43. The van der Waals surface area contributed by atoms with E-state index in [1.54, 1.807) is 6.92 Å². The van der Waals surface area contributed by atoms with Gasteiger partial charge in [-0.1, -0.05) is 12.1 Å². The number of nitrogens with one attached hydrogen (secondary N) is 1. The molecule has 6 N–H and O–H groups in total. The van der Waals surface area contributed by atoms with Crippen molar-refractivity contribution in [3.05, 3.63) is 51.6 Å². The number of aromatic hydroxyl groups is 2. The first-order valence-corrected chi connectivity index (χ1v) is 14.7. The Hall–Kier alpha value is -3.92. The third-order valence-corrected chi connectivity index (χ3v) is 9.16. The number of ketones is 3. The van der Waals surface area contributed by atoms with Gasteiger partial charge in [0, 0.05) is 48.9 Å². The van der Waals surface area contributed by atoms with Crippen molar-refractivity contribution in [2.24, 2.45) is 0 Å². The number of Topliss-reactive ketones (excluding diaryl/α,β-unsaturated/α-hetero) is 1. The van der Waals surface area contributed by atoms with Crippen LogP contribution in [-0.2, 0) is 25.5 Å². The summed E-state index contributed by atoms with van der Waals surface area (Å²) in [5, 5.41) is 56.4. The summed E-state index contributed by atoms with van der Waals surface area (Å²) in [5.74, 6) is -4.00. The summed E-state index contributed by atoms with van der Waals surface area (Å²) in [4.78, 5) is 52.5. The Bertz CT molecular complexity index is 1610. The zero-order valence-corrected chi connectivity index (χ0v) is 24.6. The fourth-order valence-corrected chi connectivity index (χ4v) is 6.83. The number of phenols is 2. The third kappa shape index (κ3) is 4.98. The molecule has 45 heavy (non-hydrogen) atoms. The van der Waals surface area contributed by atoms with Crippen LogP contribution in [0.15, 0.2) is 18.2 Å². The van der Waals surface area contributed by atoms with Gasteiger partial charge in [0.25, 0.3) is 0 Å². The second-order valence-corrected chi connectivity index (χ2v) is 11.9. The highest BCUT2D eigenvalue weighted by Gasteiger charge is 2.50. The number of carbonyl (C=O) groups is 4. The molecule has 0 saturated carbocycles. The number of fused-ring (bicyclic) bond motifs is 3. The fraction of sp³-hybridized carbons (Fsp3) is 0.484. The van der Waals surface area contributed by atoms with Gasteiger partial charge >= 0.3 is 0 Å². The predicted octanol–water partition coefficient (Wildman–Crippen LogP) is 0.170. The topological polar surface area (TPSA) is 212 Å². The molecule has 6 rings (SSSR count). The molecule has 2 heterocycles. The van der Waals surface area contributed by atoms with Crippen molar-refractivity contribution in [2.45, 2.75) is 75.3 Å². The van der Waals surface area contributed by atoms with E-state index >= 15 is 0 Å². The summed E-state index contributed by atoms with van der Waals surface area (Å²) in [5.41, 5.74) is -0.754. The fourth-order valence-electron chi connectivity index (χ4n) is 6.83. The number of ether oxygens (including phenoxy) is 3. The van der Waals surface area contributed by atoms with Crippen LogP contribution in [-0.4, -0.2) is 104 Å². The molecule has 0 aromatic heterocycles. The zero-order valence-electron chi connectivity index (χ0n) is 24.6. The Balaban J connectivity index is 1.43. The molecule has 1 amide bonds. The Morgan fingerprint density at radius 2 is 1.87 bits per heavy atom. The average molecular weight is 627 g/mol. The number of aliphatic hydroxyl groups is 3. The number of aliphatic hydroxyl groups excluding tert-OH is 2. The van der Waals surface area contributed by atoms with Gasteiger partial charge in [0.05, 0.1) is 48.2 Å². The van der Waals surface area contributed by atoms with E-state index in [0.29, 0.717) is 19.4 Å². The van der Waals surface area contributed by atoms with E-state index in [1.165, 1.54) is 30.3 Å². The Morgan fingerprint density at radius 1 is 1.13 bits per heavy atom. The number of benzene rings is 2. The number of phenolic OH excluding ortho intramolecular Hbond substituents is 2. The first kappa shape index (κ1) is 31.1. The summed E-state index contributed by atoms with van der Waals surface area (Å²) >= 11 is 0. The van der Waals surface area contributed by atoms with Crippen molar-refractivity contribution < 1.29 is 58.9 Å². The van der Waals surface area contributed by atoms with Gasteiger partial charge in [-0.2, -0.15) is 0 Å². The van der Waals surface area contributed by atoms with Crippen LogP contribution in [0.4, 0.5) is 0 Å². The van der Waals surface area contributed by atoms with E-state index in [1.807, 2.05) is 0 Å². The van der Waals surface area contributed by atoms with Crippen LogP contribution in [0, 0.1) is 0 Å². The third-order valence-electron chi connectivity index (χ3n) is 9.16. The van der Waals surface area contributed by atoms with Crippen LogP contribution in [0.3, 0.4) is 0 Å². The van der Waals surface area contributed by atoms with E-state index < -0.39 is 95.7 Å². The number of hydrazine groups is 1. The van der Waals surface area contributed by atoms with E-state index in [4.69, 9.17) is 14.2 Å². The standard InChI is InChI=1S/C31H34N2O12/c1-13-26(37)16(32-33-8-4-7-20(33)36)9-21(44-13)45-18-11-31(42,19(35)12-34)10-15-23(18)30(41)25-24(28(15)39)27(38)14-5-3-6-17(43-2)22(14)29(25)40/h3,5-6,13,16,18,21,26,32,34,37,39,41-42H,4,7-12H2,1-2H3/t13?,16?,18-,21?,26?,31-/m0/s1. The van der Waals surface area contributed by atoms with E-state index in [2.05, 4.69) is 5.43 Å². The monoisotopic (exact) mass is 626 g/mol. The van der Waals surface area contributed by atoms with Crippen LogP contribution >= 0.6 is 0 Å². The van der Waals surface area contributed by atoms with Gasteiger partial charge < -0.3 is 39.7 Å². The van der Waals surface area contributed by atoms with Crippen LogP contribution in [0.5, 0.6) is 17.2 Å². The van der Waals surface area contributed by atoms with E-state index in [9.17, 15) is 44.7 Å². The molecule has 0 bridgehead atoms. The molecule has 2 aliphatic heterocycles. The number of amides is 1. The molecule has 2 aromatic carbocycles. The van der Waals surface area contributed by atoms with Crippen molar-refractivity contribution in [1.82, 2.24) is 10.4 Å². The van der Waals surface area contributed by atoms with Gasteiger partial charge in [-0.15, -0.1) is 0 Å². The molecular formula is C31H34N2O12. The quantitative estimate of drug-likeness (QED) is 0.193. The number of hydrogen-bond donors (Lipinski definition) is 6. The highest BCUT2D eigenvalue weighted by molar-refractivity contribution is 6.31. The first-order chi connectivity index (χ1) is 21.4. The van der Waals surface area contributed by atoms with Gasteiger partial charge in [0.2, 0.25) is 11.7 Å². The predicted molar refractivity (Wildman–Crippen MR) is 152 cm³/mol. The summed E-state index contributed by atoms with van der Waals surface area (Å²) in [6.07, 6.45) is -4.44. The van der Waals surface area contributed by atoms with Crippen molar-refractivity contribution in [2.75, 3.05) is 20.3 Å². The van der Waals surface area contributed by atoms with E-state index in [0.717, 1.165) is 0 Å². The average Bonchev–Trinajstić information content (AvgIpc) is 3.42. The highest BCUT2D eigenvalue weighted by Crippen LogP contribution is 2.52. The van der Waals surface area contributed by atoms with Crippen LogP contribution in [0.25, 0.3) is 0 Å².